The third-order valence-electron chi connectivity index (χ3n) is 5.28. The van der Waals surface area contributed by atoms with Gasteiger partial charge in [-0.25, -0.2) is 4.98 Å². The average molecular weight is 369 g/mol. The maximum Gasteiger partial charge on any atom is 0.150 e. The fourth-order valence-electron chi connectivity index (χ4n) is 3.58. The summed E-state index contributed by atoms with van der Waals surface area (Å²) in [5, 5.41) is 16.8. The second kappa shape index (κ2) is 7.74. The normalized spacial score (nSPS) is 23.3. The molecule has 0 saturated carbocycles. The van der Waals surface area contributed by atoms with Gasteiger partial charge >= 0.3 is 0 Å². The molecule has 1 aromatic carbocycles. The molecular weight excluding hydrogens is 342 g/mol. The minimum absolute atomic E-state index is 0.118. The number of rotatable bonds is 5. The Balaban J connectivity index is 1.63. The fourth-order valence-corrected chi connectivity index (χ4v) is 3.58. The molecule has 6 nitrogen and oxygen atoms in total. The standard InChI is InChI=1S/C21H27N3O3/c1-21(10-13-27-14-21)24-20-19(22-16-8-11-26-12-9-16)7-6-18(23-20)15-2-4-17(25)5-3-15/h2-7,16,22,25H,8-14H2,1H3,(H,23,24). The lowest BCUT2D eigenvalue weighted by Crippen LogP contribution is -2.36. The highest BCUT2D eigenvalue weighted by Crippen LogP contribution is 2.32. The van der Waals surface area contributed by atoms with Crippen molar-refractivity contribution in [1.29, 1.82) is 0 Å². The van der Waals surface area contributed by atoms with Crippen LogP contribution in [0.15, 0.2) is 36.4 Å². The molecule has 0 amide bonds. The van der Waals surface area contributed by atoms with E-state index in [0.29, 0.717) is 12.6 Å². The Bertz CT molecular complexity index is 767. The zero-order valence-electron chi connectivity index (χ0n) is 15.7. The maximum absolute atomic E-state index is 9.54. The van der Waals surface area contributed by atoms with Gasteiger partial charge in [-0.15, -0.1) is 0 Å². The van der Waals surface area contributed by atoms with E-state index in [0.717, 1.165) is 61.8 Å². The first-order chi connectivity index (χ1) is 13.1. The Labute approximate surface area is 159 Å². The number of ether oxygens (including phenoxy) is 2. The Morgan fingerprint density at radius 3 is 2.52 bits per heavy atom. The SMILES string of the molecule is CC1(Nc2nc(-c3ccc(O)cc3)ccc2NC2CCOCC2)CCOC1. The van der Waals surface area contributed by atoms with Crippen LogP contribution in [0.1, 0.15) is 26.2 Å². The van der Waals surface area contributed by atoms with Crippen molar-refractivity contribution in [2.75, 3.05) is 37.1 Å². The van der Waals surface area contributed by atoms with Gasteiger partial charge in [-0.3, -0.25) is 0 Å². The lowest BCUT2D eigenvalue weighted by molar-refractivity contribution is 0.0904. The molecule has 1 atom stereocenters. The first-order valence-corrected chi connectivity index (χ1v) is 9.62. The van der Waals surface area contributed by atoms with E-state index >= 15 is 0 Å². The Morgan fingerprint density at radius 1 is 1.04 bits per heavy atom. The van der Waals surface area contributed by atoms with Gasteiger partial charge in [0.25, 0.3) is 0 Å². The molecule has 27 heavy (non-hydrogen) atoms. The van der Waals surface area contributed by atoms with Crippen molar-refractivity contribution >= 4 is 11.5 Å². The predicted octanol–water partition coefficient (Wildman–Crippen LogP) is 3.64. The zero-order chi connectivity index (χ0) is 18.7. The van der Waals surface area contributed by atoms with Crippen LogP contribution in [0.3, 0.4) is 0 Å². The van der Waals surface area contributed by atoms with Gasteiger partial charge < -0.3 is 25.2 Å². The van der Waals surface area contributed by atoms with Crippen LogP contribution in [0, 0.1) is 0 Å². The summed E-state index contributed by atoms with van der Waals surface area (Å²) in [5.41, 5.74) is 2.74. The topological polar surface area (TPSA) is 75.6 Å². The van der Waals surface area contributed by atoms with E-state index in [4.69, 9.17) is 14.5 Å². The molecule has 2 aliphatic rings. The smallest absolute Gasteiger partial charge is 0.150 e. The molecule has 1 unspecified atom stereocenters. The number of hydrogen-bond donors (Lipinski definition) is 3. The van der Waals surface area contributed by atoms with Gasteiger partial charge in [-0.2, -0.15) is 0 Å². The molecule has 3 N–H and O–H groups in total. The summed E-state index contributed by atoms with van der Waals surface area (Å²) in [6, 6.07) is 11.6. The van der Waals surface area contributed by atoms with Crippen molar-refractivity contribution in [1.82, 2.24) is 4.98 Å². The summed E-state index contributed by atoms with van der Waals surface area (Å²) in [4.78, 5) is 4.90. The summed E-state index contributed by atoms with van der Waals surface area (Å²) in [5.74, 6) is 1.10. The van der Waals surface area contributed by atoms with E-state index in [1.54, 1.807) is 12.1 Å². The summed E-state index contributed by atoms with van der Waals surface area (Å²) in [7, 11) is 0. The number of pyridine rings is 1. The van der Waals surface area contributed by atoms with Gasteiger partial charge in [0.05, 0.1) is 23.5 Å². The second-order valence-corrected chi connectivity index (χ2v) is 7.66. The average Bonchev–Trinajstić information content (AvgIpc) is 3.11. The predicted molar refractivity (Wildman–Crippen MR) is 106 cm³/mol. The molecule has 0 bridgehead atoms. The molecule has 2 aromatic rings. The summed E-state index contributed by atoms with van der Waals surface area (Å²) >= 11 is 0. The lowest BCUT2D eigenvalue weighted by Gasteiger charge is -2.29. The molecule has 2 fully saturated rings. The molecule has 6 heteroatoms. The van der Waals surface area contributed by atoms with E-state index in [9.17, 15) is 5.11 Å². The summed E-state index contributed by atoms with van der Waals surface area (Å²) in [6.07, 6.45) is 2.95. The van der Waals surface area contributed by atoms with Gasteiger partial charge in [0.1, 0.15) is 5.75 Å². The number of nitrogens with one attached hydrogen (secondary N) is 2. The molecule has 0 aliphatic carbocycles. The van der Waals surface area contributed by atoms with Gasteiger partial charge in [0.2, 0.25) is 0 Å². The number of benzene rings is 1. The lowest BCUT2D eigenvalue weighted by atomic mass is 10.0. The van der Waals surface area contributed by atoms with E-state index in [1.807, 2.05) is 18.2 Å². The van der Waals surface area contributed by atoms with Crippen LogP contribution in [-0.2, 0) is 9.47 Å². The minimum Gasteiger partial charge on any atom is -0.508 e. The van der Waals surface area contributed by atoms with Crippen LogP contribution in [0.4, 0.5) is 11.5 Å². The van der Waals surface area contributed by atoms with Crippen LogP contribution >= 0.6 is 0 Å². The molecule has 3 heterocycles. The highest BCUT2D eigenvalue weighted by atomic mass is 16.5. The second-order valence-electron chi connectivity index (χ2n) is 7.66. The monoisotopic (exact) mass is 369 g/mol. The van der Waals surface area contributed by atoms with Crippen molar-refractivity contribution in [3.63, 3.8) is 0 Å². The van der Waals surface area contributed by atoms with Crippen molar-refractivity contribution < 1.29 is 14.6 Å². The zero-order valence-corrected chi connectivity index (χ0v) is 15.7. The van der Waals surface area contributed by atoms with Crippen LogP contribution in [0.25, 0.3) is 11.3 Å². The number of anilines is 2. The first kappa shape index (κ1) is 18.1. The Morgan fingerprint density at radius 2 is 1.81 bits per heavy atom. The molecule has 0 spiro atoms. The van der Waals surface area contributed by atoms with Crippen LogP contribution in [-0.4, -0.2) is 48.1 Å². The summed E-state index contributed by atoms with van der Waals surface area (Å²) in [6.45, 7) is 5.21. The highest BCUT2D eigenvalue weighted by Gasteiger charge is 2.31. The number of hydrogen-bond acceptors (Lipinski definition) is 6. The van der Waals surface area contributed by atoms with E-state index in [1.165, 1.54) is 0 Å². The Kier molecular flexibility index (Phi) is 5.18. The van der Waals surface area contributed by atoms with Crippen molar-refractivity contribution in [2.24, 2.45) is 0 Å². The highest BCUT2D eigenvalue weighted by molar-refractivity contribution is 5.72. The number of aromatic nitrogens is 1. The molecule has 144 valence electrons. The molecule has 1 aromatic heterocycles. The van der Waals surface area contributed by atoms with Gasteiger partial charge in [0, 0.05) is 31.4 Å². The largest absolute Gasteiger partial charge is 0.508 e. The van der Waals surface area contributed by atoms with Crippen molar-refractivity contribution in [3.8, 4) is 17.0 Å². The number of nitrogens with zero attached hydrogens (tertiary/aromatic N) is 1. The van der Waals surface area contributed by atoms with E-state index in [-0.39, 0.29) is 11.3 Å². The maximum atomic E-state index is 9.54. The number of phenols is 1. The number of aromatic hydroxyl groups is 1. The molecule has 2 aliphatic heterocycles. The molecular formula is C21H27N3O3. The van der Waals surface area contributed by atoms with Gasteiger partial charge in [-0.1, -0.05) is 0 Å². The molecule has 4 rings (SSSR count). The van der Waals surface area contributed by atoms with Crippen LogP contribution < -0.4 is 10.6 Å². The van der Waals surface area contributed by atoms with E-state index < -0.39 is 0 Å². The molecule has 0 radical (unpaired) electrons. The van der Waals surface area contributed by atoms with Crippen LogP contribution in [0.2, 0.25) is 0 Å². The third kappa shape index (κ3) is 4.34. The van der Waals surface area contributed by atoms with Gasteiger partial charge in [-0.05, 0) is 62.6 Å². The molecule has 2 saturated heterocycles. The van der Waals surface area contributed by atoms with Gasteiger partial charge in [0.15, 0.2) is 5.82 Å². The minimum atomic E-state index is -0.118. The van der Waals surface area contributed by atoms with Crippen molar-refractivity contribution in [2.45, 2.75) is 37.8 Å². The third-order valence-corrected chi connectivity index (χ3v) is 5.28. The fraction of sp³-hybridized carbons (Fsp3) is 0.476. The quantitative estimate of drug-likeness (QED) is 0.747. The van der Waals surface area contributed by atoms with Crippen molar-refractivity contribution in [3.05, 3.63) is 36.4 Å². The van der Waals surface area contributed by atoms with Crippen LogP contribution in [0.5, 0.6) is 5.75 Å². The Hall–Kier alpha value is -2.31. The summed E-state index contributed by atoms with van der Waals surface area (Å²) < 4.78 is 11.1. The van der Waals surface area contributed by atoms with E-state index in [2.05, 4.69) is 23.6 Å². The number of phenolic OH excluding ortho intramolecular Hbond substituents is 1. The first-order valence-electron chi connectivity index (χ1n) is 9.62.